The van der Waals surface area contributed by atoms with Crippen molar-refractivity contribution in [1.29, 1.82) is 0 Å². The number of carboxylic acids is 1. The lowest BCUT2D eigenvalue weighted by atomic mass is 9.79. The maximum atomic E-state index is 11.1. The Morgan fingerprint density at radius 1 is 1.57 bits per heavy atom. The molecule has 1 fully saturated rings. The predicted octanol–water partition coefficient (Wildman–Crippen LogP) is 1.97. The smallest absolute Gasteiger partial charge is 0.308 e. The summed E-state index contributed by atoms with van der Waals surface area (Å²) in [4.78, 5) is 13.4. The Morgan fingerprint density at radius 3 is 2.71 bits per heavy atom. The van der Waals surface area contributed by atoms with E-state index >= 15 is 0 Å². The van der Waals surface area contributed by atoms with E-state index in [1.807, 2.05) is 0 Å². The maximum absolute atomic E-state index is 11.1. The van der Waals surface area contributed by atoms with Gasteiger partial charge in [-0.1, -0.05) is 6.92 Å². The SMILES string of the molecule is CCCN1CCCC(C(=O)O)C1(C)C. The summed E-state index contributed by atoms with van der Waals surface area (Å²) in [7, 11) is 0. The van der Waals surface area contributed by atoms with Crippen LogP contribution in [0.5, 0.6) is 0 Å². The Kier molecular flexibility index (Phi) is 3.53. The van der Waals surface area contributed by atoms with Crippen molar-refractivity contribution in [3.05, 3.63) is 0 Å². The number of nitrogens with zero attached hydrogens (tertiary/aromatic N) is 1. The Morgan fingerprint density at radius 2 is 2.21 bits per heavy atom. The molecular formula is C11H21NO2. The van der Waals surface area contributed by atoms with Crippen LogP contribution in [0.25, 0.3) is 0 Å². The Hall–Kier alpha value is -0.570. The van der Waals surface area contributed by atoms with Gasteiger partial charge in [-0.3, -0.25) is 9.69 Å². The number of carbonyl (C=O) groups is 1. The number of likely N-dealkylation sites (tertiary alicyclic amines) is 1. The largest absolute Gasteiger partial charge is 0.481 e. The Labute approximate surface area is 86.1 Å². The van der Waals surface area contributed by atoms with Crippen LogP contribution in [-0.4, -0.2) is 34.6 Å². The van der Waals surface area contributed by atoms with Crippen molar-refractivity contribution < 1.29 is 9.90 Å². The number of rotatable bonds is 3. The van der Waals surface area contributed by atoms with Crippen molar-refractivity contribution in [2.45, 2.75) is 45.6 Å². The molecule has 0 bridgehead atoms. The quantitative estimate of drug-likeness (QED) is 0.755. The number of hydrogen-bond donors (Lipinski definition) is 1. The summed E-state index contributed by atoms with van der Waals surface area (Å²) < 4.78 is 0. The molecule has 3 nitrogen and oxygen atoms in total. The number of carboxylic acid groups (broad SMARTS) is 1. The first kappa shape index (κ1) is 11.5. The van der Waals surface area contributed by atoms with Crippen LogP contribution >= 0.6 is 0 Å². The maximum Gasteiger partial charge on any atom is 0.308 e. The van der Waals surface area contributed by atoms with E-state index < -0.39 is 5.97 Å². The molecule has 0 aromatic rings. The monoisotopic (exact) mass is 199 g/mol. The van der Waals surface area contributed by atoms with E-state index in [1.54, 1.807) is 0 Å². The van der Waals surface area contributed by atoms with Crippen LogP contribution in [-0.2, 0) is 4.79 Å². The van der Waals surface area contributed by atoms with Gasteiger partial charge in [-0.05, 0) is 46.2 Å². The molecule has 0 radical (unpaired) electrons. The molecule has 1 aliphatic heterocycles. The van der Waals surface area contributed by atoms with Gasteiger partial charge in [-0.2, -0.15) is 0 Å². The molecule has 1 saturated heterocycles. The molecule has 1 rings (SSSR count). The van der Waals surface area contributed by atoms with Gasteiger partial charge >= 0.3 is 5.97 Å². The molecule has 1 aliphatic rings. The van der Waals surface area contributed by atoms with Gasteiger partial charge in [0.15, 0.2) is 0 Å². The van der Waals surface area contributed by atoms with Gasteiger partial charge in [0.05, 0.1) is 5.92 Å². The fourth-order valence-electron chi connectivity index (χ4n) is 2.44. The van der Waals surface area contributed by atoms with Crippen LogP contribution in [0.4, 0.5) is 0 Å². The number of piperidine rings is 1. The van der Waals surface area contributed by atoms with Crippen LogP contribution in [0.3, 0.4) is 0 Å². The molecule has 1 atom stereocenters. The highest BCUT2D eigenvalue weighted by atomic mass is 16.4. The number of hydrogen-bond acceptors (Lipinski definition) is 2. The minimum Gasteiger partial charge on any atom is -0.481 e. The van der Waals surface area contributed by atoms with Crippen molar-refractivity contribution in [2.24, 2.45) is 5.92 Å². The van der Waals surface area contributed by atoms with Crippen LogP contribution in [0.2, 0.25) is 0 Å². The molecular weight excluding hydrogens is 178 g/mol. The Balaban J connectivity index is 2.76. The minimum atomic E-state index is -0.643. The summed E-state index contributed by atoms with van der Waals surface area (Å²) in [5.41, 5.74) is -0.180. The van der Waals surface area contributed by atoms with E-state index in [2.05, 4.69) is 25.7 Å². The molecule has 0 aromatic heterocycles. The highest BCUT2D eigenvalue weighted by Gasteiger charge is 2.41. The summed E-state index contributed by atoms with van der Waals surface area (Å²) in [5.74, 6) is -0.849. The molecule has 14 heavy (non-hydrogen) atoms. The van der Waals surface area contributed by atoms with E-state index in [1.165, 1.54) is 0 Å². The molecule has 1 N–H and O–H groups in total. The second-order valence-corrected chi connectivity index (χ2v) is 4.67. The fraction of sp³-hybridized carbons (Fsp3) is 0.909. The third-order valence-corrected chi connectivity index (χ3v) is 3.38. The zero-order chi connectivity index (χ0) is 10.8. The fourth-order valence-corrected chi connectivity index (χ4v) is 2.44. The van der Waals surface area contributed by atoms with Gasteiger partial charge < -0.3 is 5.11 Å². The van der Waals surface area contributed by atoms with Crippen molar-refractivity contribution >= 4 is 5.97 Å². The van der Waals surface area contributed by atoms with Crippen molar-refractivity contribution in [2.75, 3.05) is 13.1 Å². The highest BCUT2D eigenvalue weighted by molar-refractivity contribution is 5.71. The third-order valence-electron chi connectivity index (χ3n) is 3.38. The third kappa shape index (κ3) is 2.08. The zero-order valence-electron chi connectivity index (χ0n) is 9.42. The summed E-state index contributed by atoms with van der Waals surface area (Å²) in [5, 5.41) is 9.13. The van der Waals surface area contributed by atoms with Gasteiger partial charge in [0.25, 0.3) is 0 Å². The van der Waals surface area contributed by atoms with Gasteiger partial charge in [0, 0.05) is 5.54 Å². The standard InChI is InChI=1S/C11H21NO2/c1-4-7-12-8-5-6-9(10(13)14)11(12,2)3/h9H,4-8H2,1-3H3,(H,13,14). The van der Waals surface area contributed by atoms with Crippen molar-refractivity contribution in [1.82, 2.24) is 4.90 Å². The lowest BCUT2D eigenvalue weighted by Crippen LogP contribution is -2.55. The van der Waals surface area contributed by atoms with E-state index in [-0.39, 0.29) is 11.5 Å². The van der Waals surface area contributed by atoms with Gasteiger partial charge in [0.2, 0.25) is 0 Å². The topological polar surface area (TPSA) is 40.5 Å². The highest BCUT2D eigenvalue weighted by Crippen LogP contribution is 2.33. The average Bonchev–Trinajstić information content (AvgIpc) is 2.07. The van der Waals surface area contributed by atoms with Crippen molar-refractivity contribution in [3.8, 4) is 0 Å². The summed E-state index contributed by atoms with van der Waals surface area (Å²) >= 11 is 0. The second-order valence-electron chi connectivity index (χ2n) is 4.67. The first-order chi connectivity index (χ1) is 6.50. The van der Waals surface area contributed by atoms with Crippen molar-refractivity contribution in [3.63, 3.8) is 0 Å². The predicted molar refractivity (Wildman–Crippen MR) is 56.3 cm³/mol. The van der Waals surface area contributed by atoms with Gasteiger partial charge in [-0.15, -0.1) is 0 Å². The molecule has 3 heteroatoms. The second kappa shape index (κ2) is 4.30. The molecule has 0 saturated carbocycles. The summed E-state index contributed by atoms with van der Waals surface area (Å²) in [6, 6.07) is 0. The first-order valence-electron chi connectivity index (χ1n) is 5.48. The first-order valence-corrected chi connectivity index (χ1v) is 5.48. The lowest BCUT2D eigenvalue weighted by molar-refractivity contribution is -0.149. The van der Waals surface area contributed by atoms with Crippen LogP contribution in [0.15, 0.2) is 0 Å². The number of aliphatic carboxylic acids is 1. The molecule has 82 valence electrons. The molecule has 0 aromatic carbocycles. The molecule has 1 unspecified atom stereocenters. The lowest BCUT2D eigenvalue weighted by Gasteiger charge is -2.46. The van der Waals surface area contributed by atoms with E-state index in [0.717, 1.165) is 32.4 Å². The molecule has 0 spiro atoms. The summed E-state index contributed by atoms with van der Waals surface area (Å²) in [6.45, 7) is 8.31. The minimum absolute atomic E-state index is 0.180. The zero-order valence-corrected chi connectivity index (χ0v) is 9.42. The normalized spacial score (nSPS) is 27.5. The van der Waals surface area contributed by atoms with Gasteiger partial charge in [0.1, 0.15) is 0 Å². The van der Waals surface area contributed by atoms with Gasteiger partial charge in [-0.25, -0.2) is 0 Å². The van der Waals surface area contributed by atoms with Crippen LogP contribution < -0.4 is 0 Å². The van der Waals surface area contributed by atoms with Crippen LogP contribution in [0.1, 0.15) is 40.0 Å². The average molecular weight is 199 g/mol. The summed E-state index contributed by atoms with van der Waals surface area (Å²) in [6.07, 6.45) is 2.93. The molecule has 0 amide bonds. The molecule has 1 heterocycles. The van der Waals surface area contributed by atoms with E-state index in [4.69, 9.17) is 5.11 Å². The van der Waals surface area contributed by atoms with E-state index in [0.29, 0.717) is 0 Å². The van der Waals surface area contributed by atoms with E-state index in [9.17, 15) is 4.79 Å². The molecule has 0 aliphatic carbocycles. The van der Waals surface area contributed by atoms with Crippen LogP contribution in [0, 0.1) is 5.92 Å². The Bertz CT molecular complexity index is 211.